The summed E-state index contributed by atoms with van der Waals surface area (Å²) in [5, 5.41) is 18.1. The molecule has 0 bridgehead atoms. The predicted molar refractivity (Wildman–Crippen MR) is 58.7 cm³/mol. The van der Waals surface area contributed by atoms with Gasteiger partial charge in [-0.1, -0.05) is 0 Å². The molecule has 1 saturated carbocycles. The van der Waals surface area contributed by atoms with E-state index in [1.165, 1.54) is 0 Å². The molecule has 90 valence electrons. The van der Waals surface area contributed by atoms with Gasteiger partial charge in [0.05, 0.1) is 0 Å². The van der Waals surface area contributed by atoms with Gasteiger partial charge in [0.15, 0.2) is 0 Å². The van der Waals surface area contributed by atoms with Crippen LogP contribution in [-0.2, 0) is 4.74 Å². The van der Waals surface area contributed by atoms with Crippen molar-refractivity contribution >= 4 is 13.2 Å². The summed E-state index contributed by atoms with van der Waals surface area (Å²) in [6, 6.07) is 0. The van der Waals surface area contributed by atoms with Gasteiger partial charge in [-0.05, 0) is 32.6 Å². The first-order valence-electron chi connectivity index (χ1n) is 5.63. The highest BCUT2D eigenvalue weighted by Crippen LogP contribution is 2.57. The van der Waals surface area contributed by atoms with E-state index in [0.29, 0.717) is 13.1 Å². The van der Waals surface area contributed by atoms with E-state index >= 15 is 0 Å². The Morgan fingerprint density at radius 1 is 1.31 bits per heavy atom. The average Bonchev–Trinajstić information content (AvgIpc) is 2.60. The van der Waals surface area contributed by atoms with Gasteiger partial charge >= 0.3 is 13.2 Å². The highest BCUT2D eigenvalue weighted by atomic mass is 16.6. The van der Waals surface area contributed by atoms with Crippen molar-refractivity contribution in [2.75, 3.05) is 13.1 Å². The number of fused-ring (bicyclic) bond motifs is 1. The second-order valence-electron chi connectivity index (χ2n) is 5.70. The number of amides is 1. The fourth-order valence-electron chi connectivity index (χ4n) is 2.49. The third kappa shape index (κ3) is 2.17. The van der Waals surface area contributed by atoms with Crippen molar-refractivity contribution in [1.82, 2.24) is 4.90 Å². The summed E-state index contributed by atoms with van der Waals surface area (Å²) in [6.45, 7) is 6.68. The summed E-state index contributed by atoms with van der Waals surface area (Å²) in [6.07, 6.45) is -0.300. The van der Waals surface area contributed by atoms with Gasteiger partial charge in [-0.15, -0.1) is 0 Å². The lowest BCUT2D eigenvalue weighted by atomic mass is 9.80. The Bertz CT molecular complexity index is 290. The van der Waals surface area contributed by atoms with Crippen LogP contribution >= 0.6 is 0 Å². The minimum absolute atomic E-state index is 0.0429. The molecule has 0 spiro atoms. The second kappa shape index (κ2) is 3.63. The Balaban J connectivity index is 1.82. The molecule has 3 atom stereocenters. The maximum atomic E-state index is 11.7. The number of hydrogen-bond donors (Lipinski definition) is 2. The number of nitrogens with zero attached hydrogens (tertiary/aromatic N) is 1. The van der Waals surface area contributed by atoms with E-state index in [4.69, 9.17) is 14.8 Å². The lowest BCUT2D eigenvalue weighted by molar-refractivity contribution is 0.0272. The van der Waals surface area contributed by atoms with Crippen molar-refractivity contribution in [2.45, 2.75) is 32.2 Å². The number of hydrogen-bond acceptors (Lipinski definition) is 4. The van der Waals surface area contributed by atoms with Crippen molar-refractivity contribution in [3.05, 3.63) is 0 Å². The maximum Gasteiger partial charge on any atom is 0.455 e. The quantitative estimate of drug-likeness (QED) is 0.633. The van der Waals surface area contributed by atoms with Crippen LogP contribution in [0.15, 0.2) is 0 Å². The molecule has 16 heavy (non-hydrogen) atoms. The SMILES string of the molecule is CC(C)(C)OC(=O)N1C[C@@H]2C(B(O)O)[C@@H]2C1. The smallest absolute Gasteiger partial charge is 0.444 e. The van der Waals surface area contributed by atoms with Crippen LogP contribution in [0.25, 0.3) is 0 Å². The molecule has 2 rings (SSSR count). The zero-order valence-electron chi connectivity index (χ0n) is 9.88. The predicted octanol–water partition coefficient (Wildman–Crippen LogP) is 0.326. The zero-order valence-corrected chi connectivity index (χ0v) is 9.88. The summed E-state index contributed by atoms with van der Waals surface area (Å²) < 4.78 is 5.25. The first-order chi connectivity index (χ1) is 7.29. The van der Waals surface area contributed by atoms with E-state index in [-0.39, 0.29) is 23.7 Å². The van der Waals surface area contributed by atoms with Crippen molar-refractivity contribution < 1.29 is 19.6 Å². The molecular weight excluding hydrogens is 209 g/mol. The second-order valence-corrected chi connectivity index (χ2v) is 5.70. The number of carbonyl (C=O) groups is 1. The molecule has 0 aromatic carbocycles. The van der Waals surface area contributed by atoms with Crippen LogP contribution < -0.4 is 0 Å². The molecule has 0 aromatic rings. The molecule has 1 unspecified atom stereocenters. The summed E-state index contributed by atoms with van der Waals surface area (Å²) in [4.78, 5) is 13.3. The Labute approximate surface area is 95.5 Å². The van der Waals surface area contributed by atoms with Crippen LogP contribution in [0.3, 0.4) is 0 Å². The maximum absolute atomic E-state index is 11.7. The number of ether oxygens (including phenoxy) is 1. The van der Waals surface area contributed by atoms with E-state index in [9.17, 15) is 4.79 Å². The Kier molecular flexibility index (Phi) is 2.66. The van der Waals surface area contributed by atoms with Gasteiger partial charge in [0, 0.05) is 18.9 Å². The summed E-state index contributed by atoms with van der Waals surface area (Å²) >= 11 is 0. The van der Waals surface area contributed by atoms with E-state index in [1.807, 2.05) is 20.8 Å². The van der Waals surface area contributed by atoms with Gasteiger partial charge in [0.1, 0.15) is 5.60 Å². The highest BCUT2D eigenvalue weighted by Gasteiger charge is 2.61. The number of piperidine rings is 1. The van der Waals surface area contributed by atoms with E-state index in [2.05, 4.69) is 0 Å². The van der Waals surface area contributed by atoms with Gasteiger partial charge in [0.25, 0.3) is 0 Å². The minimum Gasteiger partial charge on any atom is -0.444 e. The monoisotopic (exact) mass is 227 g/mol. The van der Waals surface area contributed by atoms with Crippen LogP contribution in [0.1, 0.15) is 20.8 Å². The van der Waals surface area contributed by atoms with Crippen LogP contribution in [0.4, 0.5) is 4.79 Å². The molecule has 1 aliphatic heterocycles. The Morgan fingerprint density at radius 2 is 1.81 bits per heavy atom. The normalized spacial score (nSPS) is 32.3. The highest BCUT2D eigenvalue weighted by molar-refractivity contribution is 6.44. The molecule has 6 heteroatoms. The molecule has 1 amide bonds. The summed E-state index contributed by atoms with van der Waals surface area (Å²) in [5.41, 5.74) is -0.472. The van der Waals surface area contributed by atoms with Gasteiger partial charge < -0.3 is 19.7 Å². The van der Waals surface area contributed by atoms with E-state index < -0.39 is 12.7 Å². The van der Waals surface area contributed by atoms with Gasteiger partial charge in [-0.3, -0.25) is 0 Å². The lowest BCUT2D eigenvalue weighted by Crippen LogP contribution is -2.37. The molecule has 1 aliphatic carbocycles. The van der Waals surface area contributed by atoms with Gasteiger partial charge in [-0.25, -0.2) is 4.79 Å². The van der Waals surface area contributed by atoms with Crippen LogP contribution in [0, 0.1) is 11.8 Å². The third-order valence-electron chi connectivity index (χ3n) is 3.26. The van der Waals surface area contributed by atoms with Gasteiger partial charge in [-0.2, -0.15) is 0 Å². The first-order valence-corrected chi connectivity index (χ1v) is 5.63. The van der Waals surface area contributed by atoms with E-state index in [0.717, 1.165) is 0 Å². The van der Waals surface area contributed by atoms with Crippen LogP contribution in [-0.4, -0.2) is 46.9 Å². The van der Waals surface area contributed by atoms with Crippen molar-refractivity contribution in [3.8, 4) is 0 Å². The number of likely N-dealkylation sites (tertiary alicyclic amines) is 1. The topological polar surface area (TPSA) is 70.0 Å². The molecule has 1 saturated heterocycles. The molecule has 1 heterocycles. The average molecular weight is 227 g/mol. The zero-order chi connectivity index (χ0) is 12.1. The molecule has 0 aromatic heterocycles. The summed E-state index contributed by atoms with van der Waals surface area (Å²) in [7, 11) is -1.24. The standard InChI is InChI=1S/C10H18BNO4/c1-10(2,3)16-9(13)12-4-6-7(5-12)8(6)11(14)15/h6-8,14-15H,4-5H2,1-3H3/t6-,7+,8?. The largest absolute Gasteiger partial charge is 0.455 e. The van der Waals surface area contributed by atoms with Crippen LogP contribution in [0.5, 0.6) is 0 Å². The van der Waals surface area contributed by atoms with E-state index in [1.54, 1.807) is 4.90 Å². The minimum atomic E-state index is -1.24. The fraction of sp³-hybridized carbons (Fsp3) is 0.900. The number of carbonyl (C=O) groups excluding carboxylic acids is 1. The number of rotatable bonds is 1. The van der Waals surface area contributed by atoms with Crippen molar-refractivity contribution in [2.24, 2.45) is 11.8 Å². The molecule has 2 fully saturated rings. The Hall–Kier alpha value is -0.745. The van der Waals surface area contributed by atoms with Crippen molar-refractivity contribution in [1.29, 1.82) is 0 Å². The fourth-order valence-corrected chi connectivity index (χ4v) is 2.49. The molecular formula is C10H18BNO4. The molecule has 2 N–H and O–H groups in total. The van der Waals surface area contributed by atoms with Crippen molar-refractivity contribution in [3.63, 3.8) is 0 Å². The first kappa shape index (κ1) is 11.7. The van der Waals surface area contributed by atoms with Crippen LogP contribution in [0.2, 0.25) is 5.82 Å². The van der Waals surface area contributed by atoms with Gasteiger partial charge in [0.2, 0.25) is 0 Å². The molecule has 5 nitrogen and oxygen atoms in total. The molecule has 0 radical (unpaired) electrons. The Morgan fingerprint density at radius 3 is 2.19 bits per heavy atom. The molecule has 2 aliphatic rings. The third-order valence-corrected chi connectivity index (χ3v) is 3.26. The summed E-state index contributed by atoms with van der Waals surface area (Å²) in [5.74, 6) is 0.443. The lowest BCUT2D eigenvalue weighted by Gasteiger charge is -2.25.